The SMILES string of the molecule is CC(C)(C)OC(=O)N1CCC(Nc2nc3ccccc3n2Cc2cccc(F)c2)CC1. The summed E-state index contributed by atoms with van der Waals surface area (Å²) in [7, 11) is 0. The number of amides is 1. The Morgan fingerprint density at radius 2 is 1.90 bits per heavy atom. The molecule has 1 aromatic heterocycles. The van der Waals surface area contributed by atoms with Crippen molar-refractivity contribution in [1.29, 1.82) is 0 Å². The van der Waals surface area contributed by atoms with Crippen molar-refractivity contribution in [2.75, 3.05) is 18.4 Å². The number of para-hydroxylation sites is 2. The molecule has 0 unspecified atom stereocenters. The number of hydrogen-bond donors (Lipinski definition) is 1. The highest BCUT2D eigenvalue weighted by molar-refractivity contribution is 5.78. The summed E-state index contributed by atoms with van der Waals surface area (Å²) >= 11 is 0. The molecule has 1 N–H and O–H groups in total. The number of anilines is 1. The van der Waals surface area contributed by atoms with Gasteiger partial charge in [0.1, 0.15) is 11.4 Å². The maximum absolute atomic E-state index is 13.7. The first-order valence-corrected chi connectivity index (χ1v) is 10.7. The summed E-state index contributed by atoms with van der Waals surface area (Å²) in [6.07, 6.45) is 1.36. The van der Waals surface area contributed by atoms with Gasteiger partial charge in [-0.3, -0.25) is 0 Å². The monoisotopic (exact) mass is 424 g/mol. The van der Waals surface area contributed by atoms with Gasteiger partial charge in [-0.25, -0.2) is 14.2 Å². The molecule has 0 radical (unpaired) electrons. The number of nitrogens with zero attached hydrogens (tertiary/aromatic N) is 3. The number of halogens is 1. The number of benzene rings is 2. The Kier molecular flexibility index (Phi) is 5.85. The smallest absolute Gasteiger partial charge is 0.410 e. The van der Waals surface area contributed by atoms with Crippen molar-refractivity contribution in [2.24, 2.45) is 0 Å². The van der Waals surface area contributed by atoms with Crippen LogP contribution in [0.15, 0.2) is 48.5 Å². The zero-order chi connectivity index (χ0) is 22.0. The second kappa shape index (κ2) is 8.57. The minimum Gasteiger partial charge on any atom is -0.444 e. The molecule has 31 heavy (non-hydrogen) atoms. The molecule has 0 spiro atoms. The van der Waals surface area contributed by atoms with Crippen LogP contribution in [0.4, 0.5) is 15.1 Å². The van der Waals surface area contributed by atoms with Crippen molar-refractivity contribution in [3.05, 3.63) is 59.9 Å². The van der Waals surface area contributed by atoms with E-state index in [9.17, 15) is 9.18 Å². The van der Waals surface area contributed by atoms with Crippen LogP contribution in [0.25, 0.3) is 11.0 Å². The van der Waals surface area contributed by atoms with Gasteiger partial charge in [-0.1, -0.05) is 24.3 Å². The molecule has 1 aliphatic heterocycles. The second-order valence-corrected chi connectivity index (χ2v) is 9.03. The Balaban J connectivity index is 1.48. The van der Waals surface area contributed by atoms with Gasteiger partial charge in [-0.2, -0.15) is 0 Å². The Morgan fingerprint density at radius 1 is 1.16 bits per heavy atom. The van der Waals surface area contributed by atoms with E-state index in [1.54, 1.807) is 17.0 Å². The van der Waals surface area contributed by atoms with Crippen LogP contribution in [0.2, 0.25) is 0 Å². The quantitative estimate of drug-likeness (QED) is 0.638. The Bertz CT molecular complexity index is 1060. The van der Waals surface area contributed by atoms with Gasteiger partial charge in [-0.05, 0) is 63.4 Å². The molecule has 3 aromatic rings. The van der Waals surface area contributed by atoms with Crippen LogP contribution in [-0.4, -0.2) is 45.3 Å². The third kappa shape index (κ3) is 5.16. The van der Waals surface area contributed by atoms with Gasteiger partial charge in [0.15, 0.2) is 0 Å². The molecule has 2 aromatic carbocycles. The van der Waals surface area contributed by atoms with Gasteiger partial charge in [-0.15, -0.1) is 0 Å². The number of ether oxygens (including phenoxy) is 1. The zero-order valence-corrected chi connectivity index (χ0v) is 18.3. The van der Waals surface area contributed by atoms with E-state index in [0.29, 0.717) is 19.6 Å². The zero-order valence-electron chi connectivity index (χ0n) is 18.3. The second-order valence-electron chi connectivity index (χ2n) is 9.03. The lowest BCUT2D eigenvalue weighted by Crippen LogP contribution is -2.44. The van der Waals surface area contributed by atoms with Gasteiger partial charge < -0.3 is 19.5 Å². The number of likely N-dealkylation sites (tertiary alicyclic amines) is 1. The Hall–Kier alpha value is -3.09. The normalized spacial score (nSPS) is 15.3. The Labute approximate surface area is 182 Å². The van der Waals surface area contributed by atoms with E-state index < -0.39 is 5.60 Å². The van der Waals surface area contributed by atoms with Crippen LogP contribution in [-0.2, 0) is 11.3 Å². The fourth-order valence-electron chi connectivity index (χ4n) is 3.88. The highest BCUT2D eigenvalue weighted by Crippen LogP contribution is 2.24. The first-order chi connectivity index (χ1) is 14.8. The van der Waals surface area contributed by atoms with Crippen LogP contribution < -0.4 is 5.32 Å². The number of imidazole rings is 1. The summed E-state index contributed by atoms with van der Waals surface area (Å²) in [5.74, 6) is 0.520. The highest BCUT2D eigenvalue weighted by Gasteiger charge is 2.27. The summed E-state index contributed by atoms with van der Waals surface area (Å²) in [6.45, 7) is 7.43. The predicted molar refractivity (Wildman–Crippen MR) is 120 cm³/mol. The predicted octanol–water partition coefficient (Wildman–Crippen LogP) is 5.04. The van der Waals surface area contributed by atoms with Crippen molar-refractivity contribution >= 4 is 23.1 Å². The van der Waals surface area contributed by atoms with E-state index >= 15 is 0 Å². The fourth-order valence-corrected chi connectivity index (χ4v) is 3.88. The molecule has 0 bridgehead atoms. The van der Waals surface area contributed by atoms with Crippen molar-refractivity contribution in [3.63, 3.8) is 0 Å². The molecule has 1 saturated heterocycles. The number of carbonyl (C=O) groups excluding carboxylic acids is 1. The van der Waals surface area contributed by atoms with Crippen LogP contribution in [0.1, 0.15) is 39.2 Å². The van der Waals surface area contributed by atoms with Gasteiger partial charge >= 0.3 is 6.09 Å². The summed E-state index contributed by atoms with van der Waals surface area (Å²) in [5.41, 5.74) is 2.28. The third-order valence-electron chi connectivity index (χ3n) is 5.36. The van der Waals surface area contributed by atoms with Crippen molar-refractivity contribution in [3.8, 4) is 0 Å². The van der Waals surface area contributed by atoms with Crippen molar-refractivity contribution in [1.82, 2.24) is 14.5 Å². The fraction of sp³-hybridized carbons (Fsp3) is 0.417. The maximum atomic E-state index is 13.7. The standard InChI is InChI=1S/C24H29FN4O2/c1-24(2,3)31-23(30)28-13-11-19(12-14-28)26-22-27-20-9-4-5-10-21(20)29(22)16-17-7-6-8-18(25)15-17/h4-10,15,19H,11-14,16H2,1-3H3,(H,26,27). The van der Waals surface area contributed by atoms with E-state index in [1.165, 1.54) is 6.07 Å². The van der Waals surface area contributed by atoms with E-state index in [0.717, 1.165) is 35.4 Å². The van der Waals surface area contributed by atoms with Crippen molar-refractivity contribution in [2.45, 2.75) is 51.8 Å². The molecular weight excluding hydrogens is 395 g/mol. The molecule has 0 aliphatic carbocycles. The van der Waals surface area contributed by atoms with Crippen LogP contribution >= 0.6 is 0 Å². The van der Waals surface area contributed by atoms with E-state index in [-0.39, 0.29) is 18.0 Å². The number of piperidine rings is 1. The van der Waals surface area contributed by atoms with E-state index in [1.807, 2.05) is 51.1 Å². The maximum Gasteiger partial charge on any atom is 0.410 e. The number of nitrogens with one attached hydrogen (secondary N) is 1. The van der Waals surface area contributed by atoms with Gasteiger partial charge in [0.2, 0.25) is 5.95 Å². The molecule has 6 nitrogen and oxygen atoms in total. The summed E-state index contributed by atoms with van der Waals surface area (Å²) in [4.78, 5) is 18.9. The average molecular weight is 425 g/mol. The van der Waals surface area contributed by atoms with Gasteiger partial charge in [0, 0.05) is 19.1 Å². The van der Waals surface area contributed by atoms with E-state index in [4.69, 9.17) is 9.72 Å². The molecule has 1 aliphatic rings. The number of aromatic nitrogens is 2. The number of hydrogen-bond acceptors (Lipinski definition) is 4. The topological polar surface area (TPSA) is 59.4 Å². The lowest BCUT2D eigenvalue weighted by molar-refractivity contribution is 0.0210. The molecule has 1 amide bonds. The minimum atomic E-state index is -0.492. The molecular formula is C24H29FN4O2. The third-order valence-corrected chi connectivity index (χ3v) is 5.36. The molecule has 2 heterocycles. The van der Waals surface area contributed by atoms with Crippen molar-refractivity contribution < 1.29 is 13.9 Å². The molecule has 0 atom stereocenters. The first-order valence-electron chi connectivity index (χ1n) is 10.7. The molecule has 164 valence electrons. The lowest BCUT2D eigenvalue weighted by atomic mass is 10.1. The first kappa shape index (κ1) is 21.2. The number of rotatable bonds is 4. The van der Waals surface area contributed by atoms with Crippen LogP contribution in [0.3, 0.4) is 0 Å². The van der Waals surface area contributed by atoms with Crippen LogP contribution in [0, 0.1) is 5.82 Å². The summed E-state index contributed by atoms with van der Waals surface area (Å²) in [6, 6.07) is 14.8. The molecule has 0 saturated carbocycles. The number of fused-ring (bicyclic) bond motifs is 1. The average Bonchev–Trinajstić information content (AvgIpc) is 3.04. The lowest BCUT2D eigenvalue weighted by Gasteiger charge is -2.34. The van der Waals surface area contributed by atoms with Gasteiger partial charge in [0.05, 0.1) is 17.6 Å². The molecule has 1 fully saturated rings. The van der Waals surface area contributed by atoms with Gasteiger partial charge in [0.25, 0.3) is 0 Å². The summed E-state index contributed by atoms with van der Waals surface area (Å²) < 4.78 is 21.3. The molecule has 4 rings (SSSR count). The van der Waals surface area contributed by atoms with E-state index in [2.05, 4.69) is 9.88 Å². The highest BCUT2D eigenvalue weighted by atomic mass is 19.1. The summed E-state index contributed by atoms with van der Waals surface area (Å²) in [5, 5.41) is 3.56. The largest absolute Gasteiger partial charge is 0.444 e. The van der Waals surface area contributed by atoms with Crippen LogP contribution in [0.5, 0.6) is 0 Å². The Morgan fingerprint density at radius 3 is 2.61 bits per heavy atom. The molecule has 7 heteroatoms. The minimum absolute atomic E-state index is 0.196. The number of carbonyl (C=O) groups is 1.